The first-order valence-electron chi connectivity index (χ1n) is 19.8. The Morgan fingerprint density at radius 1 is 0.431 bits per heavy atom. The van der Waals surface area contributed by atoms with Crippen LogP contribution in [0.1, 0.15) is 22.3 Å². The Bertz CT molecular complexity index is 3190. The van der Waals surface area contributed by atoms with E-state index in [1.807, 2.05) is 6.07 Å². The molecule has 8 aromatic carbocycles. The molecule has 3 nitrogen and oxygen atoms in total. The molecular weight excluding hydrogens is 770 g/mol. The molecule has 4 heteroatoms. The first kappa shape index (κ1) is 34.5. The summed E-state index contributed by atoms with van der Waals surface area (Å²) >= 11 is 0.158. The van der Waals surface area contributed by atoms with Gasteiger partial charge in [-0.3, -0.25) is 0 Å². The molecule has 0 atom stereocenters. The number of nitrogens with zero attached hydrogens (tertiary/aromatic N) is 3. The fourth-order valence-corrected chi connectivity index (χ4v) is 11.8. The van der Waals surface area contributed by atoms with Crippen LogP contribution in [0, 0.1) is 13.8 Å². The molecule has 0 N–H and O–H groups in total. The molecule has 11 rings (SSSR count). The summed E-state index contributed by atoms with van der Waals surface area (Å²) in [4.78, 5) is 0. The molecule has 2 aromatic heterocycles. The number of hydrogen-bond donors (Lipinski definition) is 0. The van der Waals surface area contributed by atoms with Gasteiger partial charge in [-0.15, -0.1) is 0 Å². The van der Waals surface area contributed by atoms with Crippen LogP contribution in [0.2, 0.25) is 0 Å². The predicted molar refractivity (Wildman–Crippen MR) is 242 cm³/mol. The second-order valence-corrected chi connectivity index (χ2v) is 17.4. The van der Waals surface area contributed by atoms with Gasteiger partial charge in [0.25, 0.3) is 0 Å². The van der Waals surface area contributed by atoms with Gasteiger partial charge in [0, 0.05) is 0 Å². The monoisotopic (exact) mass is 807 g/mol. The van der Waals surface area contributed by atoms with E-state index in [4.69, 9.17) is 5.10 Å². The van der Waals surface area contributed by atoms with Crippen LogP contribution in [-0.2, 0) is 6.42 Å². The van der Waals surface area contributed by atoms with Crippen molar-refractivity contribution in [2.24, 2.45) is 0 Å². The standard InChI is InChI=1S/C54H37N3Se/c1-33-34(2)49-39-23-13-12-22-38(39)32-44(49)52(48(33)36-18-8-4-9-19-36)42-28-29-47-54(41-24-14-15-25-46(41)58-47)51(42)43-27-26-40(35-16-6-3-7-17-35)50(37-20-10-5-11-21-37)53(43)45-30-31-55-57-56-45/h3-31H,32H2,1-2H3. The van der Waals surface area contributed by atoms with Crippen LogP contribution >= 0.6 is 0 Å². The van der Waals surface area contributed by atoms with Gasteiger partial charge in [-0.25, -0.2) is 0 Å². The van der Waals surface area contributed by atoms with Crippen molar-refractivity contribution in [3.63, 3.8) is 0 Å². The van der Waals surface area contributed by atoms with Gasteiger partial charge in [-0.1, -0.05) is 0 Å². The molecule has 0 fully saturated rings. The summed E-state index contributed by atoms with van der Waals surface area (Å²) < 4.78 is 2.82. The van der Waals surface area contributed by atoms with Crippen molar-refractivity contribution in [2.45, 2.75) is 20.3 Å². The van der Waals surface area contributed by atoms with E-state index in [2.05, 4.69) is 188 Å². The SMILES string of the molecule is Cc1c(C)c(-c2ccccc2)c(-c2ccc3[se]c4ccccc4c3c2-c2ccc(-c3ccccc3)c(-c3ccccc3)c2-c2ccnnn2)c2c1-c1ccccc1C2. The van der Waals surface area contributed by atoms with Crippen molar-refractivity contribution in [1.82, 2.24) is 15.4 Å². The van der Waals surface area contributed by atoms with Gasteiger partial charge in [-0.2, -0.15) is 0 Å². The average molecular weight is 807 g/mol. The molecule has 0 amide bonds. The summed E-state index contributed by atoms with van der Waals surface area (Å²) in [5, 5.41) is 15.9. The molecule has 0 unspecified atom stereocenters. The Balaban J connectivity index is 1.36. The molecule has 0 saturated heterocycles. The number of hydrogen-bond acceptors (Lipinski definition) is 3. The van der Waals surface area contributed by atoms with E-state index in [0.29, 0.717) is 0 Å². The normalized spacial score (nSPS) is 11.9. The van der Waals surface area contributed by atoms with Crippen molar-refractivity contribution in [3.05, 3.63) is 198 Å². The van der Waals surface area contributed by atoms with Crippen molar-refractivity contribution in [1.29, 1.82) is 0 Å². The Morgan fingerprint density at radius 2 is 1.03 bits per heavy atom. The Labute approximate surface area is 344 Å². The predicted octanol–water partition coefficient (Wildman–Crippen LogP) is 13.4. The minimum atomic E-state index is 0.158. The summed E-state index contributed by atoms with van der Waals surface area (Å²) in [7, 11) is 0. The maximum atomic E-state index is 4.81. The molecule has 0 bridgehead atoms. The molecule has 0 radical (unpaired) electrons. The molecule has 274 valence electrons. The van der Waals surface area contributed by atoms with E-state index < -0.39 is 0 Å². The van der Waals surface area contributed by atoms with Gasteiger partial charge in [-0.05, 0) is 0 Å². The van der Waals surface area contributed by atoms with Gasteiger partial charge in [0.1, 0.15) is 0 Å². The van der Waals surface area contributed by atoms with Crippen LogP contribution in [0.5, 0.6) is 0 Å². The van der Waals surface area contributed by atoms with E-state index >= 15 is 0 Å². The van der Waals surface area contributed by atoms with Crippen LogP contribution in [0.4, 0.5) is 0 Å². The number of rotatable bonds is 6. The van der Waals surface area contributed by atoms with Crippen LogP contribution in [0.3, 0.4) is 0 Å². The zero-order chi connectivity index (χ0) is 38.7. The molecular formula is C54H37N3Se. The van der Waals surface area contributed by atoms with Crippen LogP contribution in [-0.4, -0.2) is 29.9 Å². The fourth-order valence-electron chi connectivity index (χ4n) is 9.50. The molecule has 0 aliphatic heterocycles. The number of fused-ring (bicyclic) bond motifs is 6. The molecule has 58 heavy (non-hydrogen) atoms. The number of aromatic nitrogens is 3. The van der Waals surface area contributed by atoms with Gasteiger partial charge in [0.2, 0.25) is 0 Å². The first-order chi connectivity index (χ1) is 28.7. The molecule has 1 aliphatic carbocycles. The summed E-state index contributed by atoms with van der Waals surface area (Å²) in [6, 6.07) is 62.2. The Morgan fingerprint density at radius 3 is 1.78 bits per heavy atom. The van der Waals surface area contributed by atoms with Crippen molar-refractivity contribution >= 4 is 33.8 Å². The third-order valence-electron chi connectivity index (χ3n) is 12.1. The summed E-state index contributed by atoms with van der Waals surface area (Å²) in [6.45, 7) is 4.65. The Kier molecular flexibility index (Phi) is 8.36. The van der Waals surface area contributed by atoms with Crippen molar-refractivity contribution < 1.29 is 0 Å². The molecule has 2 heterocycles. The van der Waals surface area contributed by atoms with Crippen molar-refractivity contribution in [2.75, 3.05) is 0 Å². The van der Waals surface area contributed by atoms with E-state index in [0.717, 1.165) is 45.5 Å². The van der Waals surface area contributed by atoms with Gasteiger partial charge < -0.3 is 0 Å². The van der Waals surface area contributed by atoms with E-state index in [1.54, 1.807) is 6.20 Å². The molecule has 1 aliphatic rings. The third kappa shape index (κ3) is 5.44. The summed E-state index contributed by atoms with van der Waals surface area (Å²) in [5.41, 5.74) is 22.1. The van der Waals surface area contributed by atoms with E-state index in [1.165, 1.54) is 80.5 Å². The van der Waals surface area contributed by atoms with Gasteiger partial charge in [0.15, 0.2) is 0 Å². The summed E-state index contributed by atoms with van der Waals surface area (Å²) in [5.74, 6) is 0. The quantitative estimate of drug-likeness (QED) is 0.157. The van der Waals surface area contributed by atoms with Crippen LogP contribution in [0.25, 0.3) is 97.3 Å². The minimum absolute atomic E-state index is 0.158. The van der Waals surface area contributed by atoms with Gasteiger partial charge >= 0.3 is 346 Å². The van der Waals surface area contributed by atoms with Crippen molar-refractivity contribution in [3.8, 4) is 78.0 Å². The van der Waals surface area contributed by atoms with Crippen LogP contribution in [0.15, 0.2) is 176 Å². The Hall–Kier alpha value is -6.71. The second-order valence-electron chi connectivity index (χ2n) is 15.2. The van der Waals surface area contributed by atoms with Crippen LogP contribution < -0.4 is 0 Å². The maximum absolute atomic E-state index is 4.81. The second kappa shape index (κ2) is 14.0. The number of benzene rings is 8. The summed E-state index contributed by atoms with van der Waals surface area (Å²) in [6.07, 6.45) is 2.65. The fraction of sp³-hybridized carbons (Fsp3) is 0.0556. The average Bonchev–Trinajstić information content (AvgIpc) is 3.87. The topological polar surface area (TPSA) is 38.7 Å². The molecule has 10 aromatic rings. The van der Waals surface area contributed by atoms with E-state index in [-0.39, 0.29) is 14.5 Å². The zero-order valence-corrected chi connectivity index (χ0v) is 33.9. The third-order valence-corrected chi connectivity index (χ3v) is 14.5. The molecule has 0 spiro atoms. The van der Waals surface area contributed by atoms with E-state index in [9.17, 15) is 0 Å². The zero-order valence-electron chi connectivity index (χ0n) is 32.2. The molecule has 0 saturated carbocycles. The van der Waals surface area contributed by atoms with Gasteiger partial charge in [0.05, 0.1) is 0 Å². The first-order valence-corrected chi connectivity index (χ1v) is 21.5.